The predicted molar refractivity (Wildman–Crippen MR) is 143 cm³/mol. The van der Waals surface area contributed by atoms with E-state index < -0.39 is 6.04 Å². The van der Waals surface area contributed by atoms with Crippen LogP contribution in [0.2, 0.25) is 5.02 Å². The molecule has 1 fully saturated rings. The van der Waals surface area contributed by atoms with Gasteiger partial charge in [-0.1, -0.05) is 44.5 Å². The largest absolute Gasteiger partial charge is 0.375 e. The standard InChI is InChI=1S/C27H32ClN7O2/c1-6-19(13-29)32-24(36)18-9-7-17(8-10-18)23-21(28)15-30-25(34-23)33-20-14-31-35(16-20)22-11-12-37-27(4,5)26(22,2)3/h7-10,14-16,19,22H,6,11-12H2,1-5H3,(H,32,36)(H,30,33,34). The number of carbonyl (C=O) groups is 1. The van der Waals surface area contributed by atoms with Crippen molar-refractivity contribution in [2.24, 2.45) is 5.41 Å². The van der Waals surface area contributed by atoms with Crippen molar-refractivity contribution in [1.82, 2.24) is 25.1 Å². The average molecular weight is 522 g/mol. The number of aromatic nitrogens is 4. The Kier molecular flexibility index (Phi) is 7.53. The Balaban J connectivity index is 1.51. The molecule has 10 heteroatoms. The van der Waals surface area contributed by atoms with E-state index in [4.69, 9.17) is 21.6 Å². The van der Waals surface area contributed by atoms with Gasteiger partial charge >= 0.3 is 0 Å². The van der Waals surface area contributed by atoms with Gasteiger partial charge in [-0.3, -0.25) is 9.48 Å². The number of amides is 1. The van der Waals surface area contributed by atoms with Crippen LogP contribution in [-0.4, -0.2) is 43.9 Å². The molecule has 194 valence electrons. The molecular formula is C27H32ClN7O2. The molecule has 1 amide bonds. The van der Waals surface area contributed by atoms with Gasteiger partial charge in [-0.05, 0) is 38.8 Å². The van der Waals surface area contributed by atoms with E-state index in [0.29, 0.717) is 35.3 Å². The Morgan fingerprint density at radius 1 is 1.27 bits per heavy atom. The van der Waals surface area contributed by atoms with E-state index in [1.54, 1.807) is 36.7 Å². The lowest BCUT2D eigenvalue weighted by atomic mass is 9.69. The van der Waals surface area contributed by atoms with Crippen LogP contribution in [-0.2, 0) is 4.74 Å². The topological polar surface area (TPSA) is 118 Å². The second-order valence-corrected chi connectivity index (χ2v) is 10.7. The van der Waals surface area contributed by atoms with E-state index in [1.807, 2.05) is 17.8 Å². The number of nitriles is 1. The van der Waals surface area contributed by atoms with Gasteiger partial charge in [-0.15, -0.1) is 0 Å². The summed E-state index contributed by atoms with van der Waals surface area (Å²) in [5, 5.41) is 20.0. The summed E-state index contributed by atoms with van der Waals surface area (Å²) in [6.45, 7) is 11.2. The van der Waals surface area contributed by atoms with Gasteiger partial charge in [0.2, 0.25) is 5.95 Å². The molecule has 1 aliphatic rings. The van der Waals surface area contributed by atoms with Gasteiger partial charge in [-0.2, -0.15) is 10.4 Å². The maximum atomic E-state index is 12.4. The van der Waals surface area contributed by atoms with Gasteiger partial charge in [0, 0.05) is 29.3 Å². The van der Waals surface area contributed by atoms with Crippen LogP contribution in [0, 0.1) is 16.7 Å². The van der Waals surface area contributed by atoms with Crippen molar-refractivity contribution in [2.45, 2.75) is 65.1 Å². The molecule has 0 bridgehead atoms. The summed E-state index contributed by atoms with van der Waals surface area (Å²) in [4.78, 5) is 21.3. The van der Waals surface area contributed by atoms with Crippen LogP contribution in [0.3, 0.4) is 0 Å². The van der Waals surface area contributed by atoms with Crippen molar-refractivity contribution < 1.29 is 9.53 Å². The zero-order valence-corrected chi connectivity index (χ0v) is 22.5. The number of rotatable bonds is 7. The average Bonchev–Trinajstić information content (AvgIpc) is 3.33. The minimum atomic E-state index is -0.523. The monoisotopic (exact) mass is 521 g/mol. The van der Waals surface area contributed by atoms with Crippen LogP contribution in [0.5, 0.6) is 0 Å². The molecule has 2 N–H and O–H groups in total. The lowest BCUT2D eigenvalue weighted by molar-refractivity contribution is -0.160. The molecule has 2 atom stereocenters. The Hall–Kier alpha value is -3.48. The highest BCUT2D eigenvalue weighted by Gasteiger charge is 2.48. The molecule has 2 unspecified atom stereocenters. The van der Waals surface area contributed by atoms with E-state index in [9.17, 15) is 4.79 Å². The zero-order chi connectivity index (χ0) is 26.8. The van der Waals surface area contributed by atoms with Crippen LogP contribution < -0.4 is 10.6 Å². The third-order valence-corrected chi connectivity index (χ3v) is 7.73. The normalized spacial score (nSPS) is 19.0. The van der Waals surface area contributed by atoms with E-state index >= 15 is 0 Å². The highest BCUT2D eigenvalue weighted by atomic mass is 35.5. The maximum Gasteiger partial charge on any atom is 0.252 e. The quantitative estimate of drug-likeness (QED) is 0.419. The van der Waals surface area contributed by atoms with Gasteiger partial charge in [0.05, 0.1) is 46.5 Å². The van der Waals surface area contributed by atoms with Gasteiger partial charge in [-0.25, -0.2) is 9.97 Å². The fourth-order valence-corrected chi connectivity index (χ4v) is 4.62. The first-order valence-corrected chi connectivity index (χ1v) is 12.7. The molecule has 4 rings (SSSR count). The van der Waals surface area contributed by atoms with Crippen LogP contribution in [0.15, 0.2) is 42.9 Å². The summed E-state index contributed by atoms with van der Waals surface area (Å²) in [6.07, 6.45) is 6.68. The van der Waals surface area contributed by atoms with Crippen molar-refractivity contribution in [1.29, 1.82) is 5.26 Å². The second-order valence-electron chi connectivity index (χ2n) is 10.2. The fourth-order valence-electron chi connectivity index (χ4n) is 4.42. The second kappa shape index (κ2) is 10.5. The summed E-state index contributed by atoms with van der Waals surface area (Å²) >= 11 is 6.41. The number of ether oxygens (including phenoxy) is 1. The van der Waals surface area contributed by atoms with Crippen molar-refractivity contribution in [3.05, 3.63) is 53.4 Å². The number of hydrogen-bond donors (Lipinski definition) is 2. The molecule has 3 heterocycles. The molecule has 0 radical (unpaired) electrons. The van der Waals surface area contributed by atoms with E-state index in [-0.39, 0.29) is 23.0 Å². The van der Waals surface area contributed by atoms with Gasteiger partial charge in [0.15, 0.2) is 0 Å². The molecule has 1 aliphatic heterocycles. The maximum absolute atomic E-state index is 12.4. The third kappa shape index (κ3) is 5.45. The van der Waals surface area contributed by atoms with E-state index in [0.717, 1.165) is 17.7 Å². The number of nitrogens with zero attached hydrogens (tertiary/aromatic N) is 5. The Labute approximate surface area is 222 Å². The van der Waals surface area contributed by atoms with E-state index in [2.05, 4.69) is 59.5 Å². The molecule has 2 aromatic heterocycles. The molecule has 1 saturated heterocycles. The predicted octanol–water partition coefficient (Wildman–Crippen LogP) is 5.54. The highest BCUT2D eigenvalue weighted by molar-refractivity contribution is 6.32. The van der Waals surface area contributed by atoms with Crippen molar-refractivity contribution in [3.63, 3.8) is 0 Å². The van der Waals surface area contributed by atoms with Crippen molar-refractivity contribution in [3.8, 4) is 17.3 Å². The van der Waals surface area contributed by atoms with Gasteiger partial charge in [0.1, 0.15) is 6.04 Å². The van der Waals surface area contributed by atoms with Crippen LogP contribution in [0.1, 0.15) is 63.9 Å². The van der Waals surface area contributed by atoms with Crippen LogP contribution in [0.25, 0.3) is 11.3 Å². The number of nitrogens with one attached hydrogen (secondary N) is 2. The first-order chi connectivity index (χ1) is 17.6. The SMILES string of the molecule is CCC(C#N)NC(=O)c1ccc(-c2nc(Nc3cnn(C4CCOC(C)(C)C4(C)C)c3)ncc2Cl)cc1. The minimum absolute atomic E-state index is 0.117. The Morgan fingerprint density at radius 3 is 2.68 bits per heavy atom. The summed E-state index contributed by atoms with van der Waals surface area (Å²) in [5.41, 5.74) is 2.10. The number of halogens is 1. The van der Waals surface area contributed by atoms with Crippen LogP contribution in [0.4, 0.5) is 11.6 Å². The Morgan fingerprint density at radius 2 is 2.00 bits per heavy atom. The minimum Gasteiger partial charge on any atom is -0.375 e. The lowest BCUT2D eigenvalue weighted by Crippen LogP contribution is -2.51. The number of benzene rings is 1. The Bertz CT molecular complexity index is 1310. The molecule has 3 aromatic rings. The van der Waals surface area contributed by atoms with Gasteiger partial charge < -0.3 is 15.4 Å². The summed E-state index contributed by atoms with van der Waals surface area (Å²) in [6, 6.07) is 8.63. The molecule has 0 spiro atoms. The molecule has 9 nitrogen and oxygen atoms in total. The zero-order valence-electron chi connectivity index (χ0n) is 21.7. The molecule has 1 aromatic carbocycles. The number of carbonyl (C=O) groups excluding carboxylic acids is 1. The van der Waals surface area contributed by atoms with Crippen molar-refractivity contribution in [2.75, 3.05) is 11.9 Å². The number of hydrogen-bond acceptors (Lipinski definition) is 7. The molecule has 37 heavy (non-hydrogen) atoms. The fraction of sp³-hybridized carbons (Fsp3) is 0.444. The smallest absolute Gasteiger partial charge is 0.252 e. The lowest BCUT2D eigenvalue weighted by Gasteiger charge is -2.50. The molecular weight excluding hydrogens is 490 g/mol. The summed E-state index contributed by atoms with van der Waals surface area (Å²) in [7, 11) is 0. The first-order valence-electron chi connectivity index (χ1n) is 12.3. The highest BCUT2D eigenvalue weighted by Crippen LogP contribution is 2.48. The summed E-state index contributed by atoms with van der Waals surface area (Å²) < 4.78 is 8.01. The van der Waals surface area contributed by atoms with Crippen molar-refractivity contribution >= 4 is 29.1 Å². The first kappa shape index (κ1) is 26.6. The van der Waals surface area contributed by atoms with Gasteiger partial charge in [0.25, 0.3) is 5.91 Å². The summed E-state index contributed by atoms with van der Waals surface area (Å²) in [5.74, 6) is 0.0799. The molecule has 0 saturated carbocycles. The van der Waals surface area contributed by atoms with Crippen LogP contribution >= 0.6 is 11.6 Å². The van der Waals surface area contributed by atoms with E-state index in [1.165, 1.54) is 0 Å². The molecule has 0 aliphatic carbocycles. The third-order valence-electron chi connectivity index (χ3n) is 7.45. The number of anilines is 2.